The quantitative estimate of drug-likeness (QED) is 0.529. The van der Waals surface area contributed by atoms with E-state index < -0.39 is 0 Å². The van der Waals surface area contributed by atoms with Crippen molar-refractivity contribution in [2.75, 3.05) is 5.32 Å². The molecule has 0 aliphatic heterocycles. The summed E-state index contributed by atoms with van der Waals surface area (Å²) in [5.74, 6) is 0.553. The van der Waals surface area contributed by atoms with E-state index in [0.717, 1.165) is 28.3 Å². The minimum atomic E-state index is -0.168. The van der Waals surface area contributed by atoms with Crippen LogP contribution in [0.4, 0.5) is 5.69 Å². The number of rotatable bonds is 4. The highest BCUT2D eigenvalue weighted by atomic mass is 16.1. The molecule has 0 saturated heterocycles. The van der Waals surface area contributed by atoms with Crippen LogP contribution in [0.1, 0.15) is 32.7 Å². The maximum atomic E-state index is 13.3. The van der Waals surface area contributed by atoms with E-state index in [-0.39, 0.29) is 5.91 Å². The third kappa shape index (κ3) is 3.59. The standard InChI is InChI=1S/C24H24N4O/c1-16-8-11-20(12-9-16)28-24(27-13-5-6-14-27)22(19(4)26-28)23(29)25-21-15-17(2)7-10-18(21)3/h5-15H,1-4H3,(H,25,29). The Bertz CT molecular complexity index is 1170. The van der Waals surface area contributed by atoms with Crippen molar-refractivity contribution in [3.05, 3.63) is 94.9 Å². The van der Waals surface area contributed by atoms with Gasteiger partial charge in [-0.25, -0.2) is 4.68 Å². The van der Waals surface area contributed by atoms with Gasteiger partial charge in [0.2, 0.25) is 0 Å². The highest BCUT2D eigenvalue weighted by Crippen LogP contribution is 2.25. The Kier molecular flexibility index (Phi) is 4.80. The number of amides is 1. The van der Waals surface area contributed by atoms with Crippen molar-refractivity contribution in [1.82, 2.24) is 14.3 Å². The fraction of sp³-hybridized carbons (Fsp3) is 0.167. The minimum Gasteiger partial charge on any atom is -0.322 e. The molecule has 1 N–H and O–H groups in total. The molecule has 0 aliphatic rings. The van der Waals surface area contributed by atoms with Crippen LogP contribution in [0, 0.1) is 27.7 Å². The number of hydrogen-bond acceptors (Lipinski definition) is 2. The summed E-state index contributed by atoms with van der Waals surface area (Å²) in [6.45, 7) is 7.93. The first-order chi connectivity index (χ1) is 13.9. The van der Waals surface area contributed by atoms with E-state index >= 15 is 0 Å². The van der Waals surface area contributed by atoms with Crippen molar-refractivity contribution in [2.24, 2.45) is 0 Å². The molecule has 0 radical (unpaired) electrons. The average Bonchev–Trinajstić information content (AvgIpc) is 3.33. The molecule has 2 heterocycles. The molecule has 0 aliphatic carbocycles. The SMILES string of the molecule is Cc1ccc(-n2nc(C)c(C(=O)Nc3cc(C)ccc3C)c2-n2cccc2)cc1. The van der Waals surface area contributed by atoms with E-state index in [1.807, 2.05) is 104 Å². The number of aromatic nitrogens is 3. The summed E-state index contributed by atoms with van der Waals surface area (Å²) in [4.78, 5) is 13.3. The summed E-state index contributed by atoms with van der Waals surface area (Å²) in [5.41, 5.74) is 6.26. The van der Waals surface area contributed by atoms with Crippen molar-refractivity contribution in [1.29, 1.82) is 0 Å². The first kappa shape index (κ1) is 18.7. The Morgan fingerprint density at radius 1 is 0.897 bits per heavy atom. The Morgan fingerprint density at radius 2 is 1.55 bits per heavy atom. The first-order valence-corrected chi connectivity index (χ1v) is 9.62. The van der Waals surface area contributed by atoms with E-state index in [9.17, 15) is 4.79 Å². The highest BCUT2D eigenvalue weighted by Gasteiger charge is 2.24. The maximum Gasteiger partial charge on any atom is 0.261 e. The number of carbonyl (C=O) groups excluding carboxylic acids is 1. The zero-order valence-electron chi connectivity index (χ0n) is 17.1. The molecule has 0 fully saturated rings. The lowest BCUT2D eigenvalue weighted by Crippen LogP contribution is -2.16. The molecule has 29 heavy (non-hydrogen) atoms. The average molecular weight is 384 g/mol. The molecule has 5 heteroatoms. The van der Waals surface area contributed by atoms with Crippen LogP contribution in [0.3, 0.4) is 0 Å². The summed E-state index contributed by atoms with van der Waals surface area (Å²) in [7, 11) is 0. The van der Waals surface area contributed by atoms with Gasteiger partial charge < -0.3 is 9.88 Å². The third-order valence-corrected chi connectivity index (χ3v) is 5.03. The molecule has 4 rings (SSSR count). The number of carbonyl (C=O) groups is 1. The van der Waals surface area contributed by atoms with Crippen LogP contribution in [0.2, 0.25) is 0 Å². The van der Waals surface area contributed by atoms with E-state index in [2.05, 4.69) is 5.32 Å². The molecule has 0 unspecified atom stereocenters. The van der Waals surface area contributed by atoms with Crippen molar-refractivity contribution >= 4 is 11.6 Å². The van der Waals surface area contributed by atoms with Crippen LogP contribution in [0.25, 0.3) is 11.5 Å². The monoisotopic (exact) mass is 384 g/mol. The van der Waals surface area contributed by atoms with Gasteiger partial charge in [-0.2, -0.15) is 5.10 Å². The van der Waals surface area contributed by atoms with Gasteiger partial charge in [0.1, 0.15) is 5.56 Å². The van der Waals surface area contributed by atoms with Gasteiger partial charge in [0, 0.05) is 18.1 Å². The number of nitrogens with one attached hydrogen (secondary N) is 1. The Balaban J connectivity index is 1.84. The van der Waals surface area contributed by atoms with Crippen LogP contribution in [0.15, 0.2) is 67.0 Å². The molecule has 0 spiro atoms. The van der Waals surface area contributed by atoms with Gasteiger partial charge >= 0.3 is 0 Å². The Hall–Kier alpha value is -3.60. The number of aryl methyl sites for hydroxylation is 4. The van der Waals surface area contributed by atoms with E-state index in [4.69, 9.17) is 5.10 Å². The van der Waals surface area contributed by atoms with E-state index in [1.54, 1.807) is 0 Å². The number of hydrogen-bond donors (Lipinski definition) is 1. The fourth-order valence-electron chi connectivity index (χ4n) is 3.42. The molecule has 0 bridgehead atoms. The molecular formula is C24H24N4O. The number of anilines is 1. The summed E-state index contributed by atoms with van der Waals surface area (Å²) in [5, 5.41) is 7.78. The lowest BCUT2D eigenvalue weighted by atomic mass is 10.1. The summed E-state index contributed by atoms with van der Waals surface area (Å²) in [6, 6.07) is 18.0. The molecule has 5 nitrogen and oxygen atoms in total. The van der Waals surface area contributed by atoms with E-state index in [0.29, 0.717) is 11.3 Å². The second kappa shape index (κ2) is 7.43. The molecule has 1 amide bonds. The van der Waals surface area contributed by atoms with Crippen LogP contribution in [-0.4, -0.2) is 20.3 Å². The van der Waals surface area contributed by atoms with Crippen molar-refractivity contribution in [3.8, 4) is 11.5 Å². The molecule has 4 aromatic rings. The molecular weight excluding hydrogens is 360 g/mol. The molecule has 0 saturated carbocycles. The Labute approximate surface area is 170 Å². The zero-order chi connectivity index (χ0) is 20.5. The van der Waals surface area contributed by atoms with Crippen LogP contribution in [-0.2, 0) is 0 Å². The number of benzene rings is 2. The van der Waals surface area contributed by atoms with Crippen LogP contribution >= 0.6 is 0 Å². The summed E-state index contributed by atoms with van der Waals surface area (Å²) < 4.78 is 3.75. The normalized spacial score (nSPS) is 10.9. The lowest BCUT2D eigenvalue weighted by Gasteiger charge is -2.13. The van der Waals surface area contributed by atoms with Crippen LogP contribution < -0.4 is 5.32 Å². The summed E-state index contributed by atoms with van der Waals surface area (Å²) in [6.07, 6.45) is 3.85. The lowest BCUT2D eigenvalue weighted by molar-refractivity contribution is 0.102. The molecule has 0 atom stereocenters. The maximum absolute atomic E-state index is 13.3. The minimum absolute atomic E-state index is 0.168. The van der Waals surface area contributed by atoms with E-state index in [1.165, 1.54) is 5.56 Å². The second-order valence-electron chi connectivity index (χ2n) is 7.39. The van der Waals surface area contributed by atoms with Gasteiger partial charge in [0.15, 0.2) is 5.82 Å². The van der Waals surface area contributed by atoms with Gasteiger partial charge in [-0.05, 0) is 69.2 Å². The predicted octanol–water partition coefficient (Wildman–Crippen LogP) is 5.15. The van der Waals surface area contributed by atoms with Crippen LogP contribution in [0.5, 0.6) is 0 Å². The first-order valence-electron chi connectivity index (χ1n) is 9.62. The second-order valence-corrected chi connectivity index (χ2v) is 7.39. The smallest absolute Gasteiger partial charge is 0.261 e. The van der Waals surface area contributed by atoms with Gasteiger partial charge in [-0.1, -0.05) is 29.8 Å². The fourth-order valence-corrected chi connectivity index (χ4v) is 3.42. The van der Waals surface area contributed by atoms with Gasteiger partial charge in [-0.3, -0.25) is 4.79 Å². The van der Waals surface area contributed by atoms with Gasteiger partial charge in [-0.15, -0.1) is 0 Å². The summed E-state index contributed by atoms with van der Waals surface area (Å²) >= 11 is 0. The molecule has 146 valence electrons. The van der Waals surface area contributed by atoms with Gasteiger partial charge in [0.25, 0.3) is 5.91 Å². The number of nitrogens with zero attached hydrogens (tertiary/aromatic N) is 3. The molecule has 2 aromatic carbocycles. The molecule has 2 aromatic heterocycles. The van der Waals surface area contributed by atoms with Crippen molar-refractivity contribution < 1.29 is 4.79 Å². The Morgan fingerprint density at radius 3 is 2.24 bits per heavy atom. The third-order valence-electron chi connectivity index (χ3n) is 5.03. The highest BCUT2D eigenvalue weighted by molar-refractivity contribution is 6.07. The van der Waals surface area contributed by atoms with Gasteiger partial charge in [0.05, 0.1) is 11.4 Å². The zero-order valence-corrected chi connectivity index (χ0v) is 17.1. The topological polar surface area (TPSA) is 51.9 Å². The predicted molar refractivity (Wildman–Crippen MR) is 116 cm³/mol. The van der Waals surface area contributed by atoms with Crippen molar-refractivity contribution in [2.45, 2.75) is 27.7 Å². The van der Waals surface area contributed by atoms with Crippen molar-refractivity contribution in [3.63, 3.8) is 0 Å². The largest absolute Gasteiger partial charge is 0.322 e.